The van der Waals surface area contributed by atoms with Gasteiger partial charge in [0.25, 0.3) is 5.69 Å². The smallest absolute Gasteiger partial charge is 0.321 e. The summed E-state index contributed by atoms with van der Waals surface area (Å²) in [5, 5.41) is 13.8. The number of esters is 1. The molecule has 0 bridgehead atoms. The van der Waals surface area contributed by atoms with Gasteiger partial charge in [-0.05, 0) is 12.5 Å². The molecule has 3 rings (SSSR count). The highest BCUT2D eigenvalue weighted by Gasteiger charge is 2.42. The summed E-state index contributed by atoms with van der Waals surface area (Å²) in [4.78, 5) is 54.7. The minimum Gasteiger partial charge on any atom is -0.465 e. The van der Waals surface area contributed by atoms with E-state index in [2.05, 4.69) is 10.3 Å². The zero-order valence-corrected chi connectivity index (χ0v) is 15.8. The predicted molar refractivity (Wildman–Crippen MR) is 101 cm³/mol. The first-order valence-electron chi connectivity index (χ1n) is 9.18. The zero-order valence-electron chi connectivity index (χ0n) is 15.8. The molecular weight excluding hydrogens is 382 g/mol. The van der Waals surface area contributed by atoms with Crippen LogP contribution in [0.3, 0.4) is 0 Å². The number of amides is 2. The summed E-state index contributed by atoms with van der Waals surface area (Å²) in [6.45, 7) is 3.59. The molecule has 2 aliphatic rings. The molecule has 2 heterocycles. The Morgan fingerprint density at radius 1 is 1.38 bits per heavy atom. The summed E-state index contributed by atoms with van der Waals surface area (Å²) >= 11 is 0. The molecule has 1 aromatic carbocycles. The molecule has 1 fully saturated rings. The van der Waals surface area contributed by atoms with Gasteiger partial charge >= 0.3 is 5.97 Å². The topological polar surface area (TPSA) is 134 Å². The molecule has 2 amide bonds. The Labute approximate surface area is 166 Å². The number of ether oxygens (including phenoxy) is 1. The third-order valence-corrected chi connectivity index (χ3v) is 4.82. The van der Waals surface area contributed by atoms with E-state index in [-0.39, 0.29) is 18.3 Å². The summed E-state index contributed by atoms with van der Waals surface area (Å²) in [7, 11) is 0. The Kier molecular flexibility index (Phi) is 6.05. The molecule has 11 nitrogen and oxygen atoms in total. The standard InChI is InChI=1S/C18H21N5O6/c1-2-29-17(26)14-15(12-4-3-5-13(10-12)23(27)28)19-18(20-16(14)25)22-8-6-21(11-24)7-9-22/h3-5,10-11,14-15H,2,6-9H2,1H3,(H,19,20,25)/t14-,15-/m1/s1. The van der Waals surface area contributed by atoms with E-state index in [9.17, 15) is 24.5 Å². The Bertz CT molecular complexity index is 849. The molecule has 29 heavy (non-hydrogen) atoms. The van der Waals surface area contributed by atoms with Crippen molar-refractivity contribution in [2.45, 2.75) is 13.0 Å². The van der Waals surface area contributed by atoms with Crippen LogP contribution in [0.1, 0.15) is 18.5 Å². The predicted octanol–water partition coefficient (Wildman–Crippen LogP) is 0.0750. The molecule has 0 saturated carbocycles. The number of non-ortho nitro benzene ring substituents is 1. The van der Waals surface area contributed by atoms with E-state index in [1.54, 1.807) is 17.9 Å². The highest BCUT2D eigenvalue weighted by Crippen LogP contribution is 2.32. The summed E-state index contributed by atoms with van der Waals surface area (Å²) in [5.41, 5.74) is 0.212. The van der Waals surface area contributed by atoms with Crippen molar-refractivity contribution in [3.63, 3.8) is 0 Å². The van der Waals surface area contributed by atoms with Gasteiger partial charge in [0.2, 0.25) is 18.3 Å². The number of hydrogen-bond acceptors (Lipinski definition) is 8. The normalized spacial score (nSPS) is 21.8. The van der Waals surface area contributed by atoms with Gasteiger partial charge in [0, 0.05) is 38.3 Å². The molecule has 0 aliphatic carbocycles. The number of hydrogen-bond donors (Lipinski definition) is 1. The maximum atomic E-state index is 12.8. The van der Waals surface area contributed by atoms with E-state index in [1.807, 2.05) is 4.90 Å². The van der Waals surface area contributed by atoms with Gasteiger partial charge in [-0.1, -0.05) is 12.1 Å². The van der Waals surface area contributed by atoms with Crippen LogP contribution in [0.2, 0.25) is 0 Å². The number of nitrogens with zero attached hydrogens (tertiary/aromatic N) is 4. The van der Waals surface area contributed by atoms with E-state index in [0.717, 1.165) is 6.41 Å². The fraction of sp³-hybridized carbons (Fsp3) is 0.444. The molecule has 11 heteroatoms. The van der Waals surface area contributed by atoms with Crippen molar-refractivity contribution < 1.29 is 24.0 Å². The van der Waals surface area contributed by atoms with Crippen LogP contribution >= 0.6 is 0 Å². The number of nitro groups is 1. The second-order valence-electron chi connectivity index (χ2n) is 6.60. The fourth-order valence-electron chi connectivity index (χ4n) is 3.33. The molecular formula is C18H21N5O6. The van der Waals surface area contributed by atoms with Gasteiger partial charge in [-0.25, -0.2) is 4.99 Å². The van der Waals surface area contributed by atoms with Crippen molar-refractivity contribution in [1.29, 1.82) is 0 Å². The Morgan fingerprint density at radius 3 is 2.72 bits per heavy atom. The van der Waals surface area contributed by atoms with E-state index in [1.165, 1.54) is 18.2 Å². The number of nitrogens with one attached hydrogen (secondary N) is 1. The summed E-state index contributed by atoms with van der Waals surface area (Å²) < 4.78 is 5.03. The van der Waals surface area contributed by atoms with Crippen molar-refractivity contribution in [2.24, 2.45) is 10.9 Å². The summed E-state index contributed by atoms with van der Waals surface area (Å²) in [5.74, 6) is -2.30. The lowest BCUT2D eigenvalue weighted by molar-refractivity contribution is -0.384. The van der Waals surface area contributed by atoms with Gasteiger partial charge in [0.05, 0.1) is 11.5 Å². The number of carbonyl (C=O) groups excluding carboxylic acids is 3. The highest BCUT2D eigenvalue weighted by molar-refractivity contribution is 6.08. The summed E-state index contributed by atoms with van der Waals surface area (Å²) in [6, 6.07) is 4.76. The largest absolute Gasteiger partial charge is 0.465 e. The van der Waals surface area contributed by atoms with Crippen LogP contribution in [0.4, 0.5) is 5.69 Å². The van der Waals surface area contributed by atoms with Gasteiger partial charge < -0.3 is 14.5 Å². The molecule has 1 N–H and O–H groups in total. The van der Waals surface area contributed by atoms with Gasteiger partial charge in [-0.15, -0.1) is 0 Å². The van der Waals surface area contributed by atoms with Crippen molar-refractivity contribution in [3.8, 4) is 0 Å². The number of aliphatic imine (C=N–C) groups is 1. The zero-order chi connectivity index (χ0) is 21.0. The third kappa shape index (κ3) is 4.33. The van der Waals surface area contributed by atoms with Crippen molar-refractivity contribution in [1.82, 2.24) is 15.1 Å². The maximum absolute atomic E-state index is 12.8. The number of piperazine rings is 1. The first-order chi connectivity index (χ1) is 13.9. The highest BCUT2D eigenvalue weighted by atomic mass is 16.6. The fourth-order valence-corrected chi connectivity index (χ4v) is 3.33. The number of nitro benzene ring substituents is 1. The number of guanidine groups is 1. The van der Waals surface area contributed by atoms with Crippen LogP contribution in [-0.4, -0.2) is 71.8 Å². The first-order valence-corrected chi connectivity index (χ1v) is 9.18. The van der Waals surface area contributed by atoms with Gasteiger partial charge in [0.1, 0.15) is 6.04 Å². The first kappa shape index (κ1) is 20.2. The van der Waals surface area contributed by atoms with E-state index in [0.29, 0.717) is 31.7 Å². The molecule has 0 aromatic heterocycles. The molecule has 154 valence electrons. The number of carbonyl (C=O) groups is 3. The van der Waals surface area contributed by atoms with Crippen LogP contribution in [0, 0.1) is 16.0 Å². The molecule has 0 radical (unpaired) electrons. The number of rotatable bonds is 5. The molecule has 1 saturated heterocycles. The quantitative estimate of drug-likeness (QED) is 0.242. The Morgan fingerprint density at radius 2 is 2.10 bits per heavy atom. The van der Waals surface area contributed by atoms with Crippen LogP contribution < -0.4 is 5.32 Å². The lowest BCUT2D eigenvalue weighted by atomic mass is 9.91. The SMILES string of the molecule is CCOC(=O)[C@H]1C(=O)NC(N2CCN(C=O)CC2)=N[C@@H]1c1cccc([N+](=O)[O-])c1. The lowest BCUT2D eigenvalue weighted by Crippen LogP contribution is -2.57. The maximum Gasteiger partial charge on any atom is 0.321 e. The van der Waals surface area contributed by atoms with Crippen molar-refractivity contribution in [2.75, 3.05) is 32.8 Å². The van der Waals surface area contributed by atoms with Crippen molar-refractivity contribution >= 4 is 29.9 Å². The van der Waals surface area contributed by atoms with E-state index >= 15 is 0 Å². The molecule has 0 spiro atoms. The van der Waals surface area contributed by atoms with Crippen molar-refractivity contribution in [3.05, 3.63) is 39.9 Å². The minimum atomic E-state index is -1.25. The minimum absolute atomic E-state index is 0.0918. The second kappa shape index (κ2) is 8.67. The summed E-state index contributed by atoms with van der Waals surface area (Å²) in [6.07, 6.45) is 0.765. The van der Waals surface area contributed by atoms with E-state index < -0.39 is 28.8 Å². The molecule has 0 unspecified atom stereocenters. The van der Waals surface area contributed by atoms with Crippen LogP contribution in [0.25, 0.3) is 0 Å². The van der Waals surface area contributed by atoms with Gasteiger partial charge in [-0.2, -0.15) is 0 Å². The van der Waals surface area contributed by atoms with Crippen LogP contribution in [0.15, 0.2) is 29.3 Å². The third-order valence-electron chi connectivity index (χ3n) is 4.82. The lowest BCUT2D eigenvalue weighted by Gasteiger charge is -2.37. The average Bonchev–Trinajstić information content (AvgIpc) is 2.73. The van der Waals surface area contributed by atoms with Gasteiger partial charge in [0.15, 0.2) is 5.92 Å². The average molecular weight is 403 g/mol. The molecule has 1 aromatic rings. The monoisotopic (exact) mass is 403 g/mol. The Balaban J connectivity index is 1.96. The number of benzene rings is 1. The van der Waals surface area contributed by atoms with Gasteiger partial charge in [-0.3, -0.25) is 29.8 Å². The van der Waals surface area contributed by atoms with E-state index in [4.69, 9.17) is 4.74 Å². The molecule has 2 atom stereocenters. The Hall–Kier alpha value is -3.50. The van der Waals surface area contributed by atoms with Crippen LogP contribution in [0.5, 0.6) is 0 Å². The van der Waals surface area contributed by atoms with Crippen LogP contribution in [-0.2, 0) is 19.1 Å². The second-order valence-corrected chi connectivity index (χ2v) is 6.60. The molecule has 2 aliphatic heterocycles.